The summed E-state index contributed by atoms with van der Waals surface area (Å²) in [4.78, 5) is 25.6. The number of unbranched alkanes of at least 4 members (excludes halogenated alkanes) is 12. The first-order valence-corrected chi connectivity index (χ1v) is 22.4. The van der Waals surface area contributed by atoms with Gasteiger partial charge in [0.25, 0.3) is 0 Å². The maximum Gasteiger partial charge on any atom is 0.306 e. The number of esters is 2. The van der Waals surface area contributed by atoms with Gasteiger partial charge in [-0.2, -0.15) is 0 Å². The van der Waals surface area contributed by atoms with Crippen LogP contribution in [0.2, 0.25) is 0 Å². The van der Waals surface area contributed by atoms with E-state index in [0.717, 1.165) is 25.7 Å². The Hall–Kier alpha value is -2.80. The molecule has 2 aliphatic rings. The molecule has 0 aliphatic carbocycles. The number of hydrogen-bond acceptors (Lipinski definition) is 15. The molecular weight excluding hydrogens is 792 g/mol. The molecule has 0 aromatic heterocycles. The highest BCUT2D eigenvalue weighted by Crippen LogP contribution is 2.26. The lowest BCUT2D eigenvalue weighted by Crippen LogP contribution is -2.61. The third kappa shape index (κ3) is 22.9. The molecule has 0 saturated carbocycles. The normalized spacial score (nSPS) is 27.9. The van der Waals surface area contributed by atoms with Crippen molar-refractivity contribution in [3.63, 3.8) is 0 Å². The summed E-state index contributed by atoms with van der Waals surface area (Å²) in [6.07, 6.45) is 18.5. The first-order chi connectivity index (χ1) is 29.5. The minimum Gasteiger partial charge on any atom is -0.462 e. The molecule has 0 radical (unpaired) electrons. The van der Waals surface area contributed by atoms with E-state index < -0.39 is 99.3 Å². The first kappa shape index (κ1) is 54.3. The standard InChI is InChI=1S/C46H76O15/c1-3-5-7-9-11-13-15-17-19-21-23-25-27-29-38(49)59-34(31-56-37(48)28-26-24-22-20-18-16-14-12-10-8-6-4-2)32-57-45-44(55)42(53)40(51)36(61-45)33-58-46-43(54)41(52)39(50)35(30-47)60-46/h5,7,9,11,13,15,17,19,21,23,34-36,39-47,50-55H,3-4,6,8,10,12,14,16,18,20,22,24-33H2,1-2H3/b7-5+,11-9+,15-13+,19-17+,23-21+/t34?,35-,36-,39+,40+,41?,42?,43?,44?,45-,46-/m1/s1. The Bertz CT molecular complexity index is 1300. The Kier molecular flexibility index (Phi) is 30.0. The van der Waals surface area contributed by atoms with Gasteiger partial charge in [0.05, 0.1) is 19.8 Å². The Balaban J connectivity index is 1.90. The van der Waals surface area contributed by atoms with Gasteiger partial charge in [0.15, 0.2) is 18.7 Å². The van der Waals surface area contributed by atoms with Gasteiger partial charge in [0.2, 0.25) is 0 Å². The van der Waals surface area contributed by atoms with Crippen LogP contribution in [0.1, 0.15) is 123 Å². The third-order valence-electron chi connectivity index (χ3n) is 10.4. The van der Waals surface area contributed by atoms with Crippen LogP contribution in [0.3, 0.4) is 0 Å². The van der Waals surface area contributed by atoms with Crippen LogP contribution in [-0.4, -0.2) is 142 Å². The summed E-state index contributed by atoms with van der Waals surface area (Å²) in [7, 11) is 0. The number of carbonyl (C=O) groups is 2. The van der Waals surface area contributed by atoms with Gasteiger partial charge in [0, 0.05) is 12.8 Å². The van der Waals surface area contributed by atoms with Crippen molar-refractivity contribution in [3.05, 3.63) is 60.8 Å². The Morgan fingerprint density at radius 1 is 0.541 bits per heavy atom. The summed E-state index contributed by atoms with van der Waals surface area (Å²) >= 11 is 0. The van der Waals surface area contributed by atoms with Gasteiger partial charge in [-0.15, -0.1) is 0 Å². The van der Waals surface area contributed by atoms with E-state index in [2.05, 4.69) is 19.9 Å². The van der Waals surface area contributed by atoms with Crippen LogP contribution in [-0.2, 0) is 38.0 Å². The fourth-order valence-corrected chi connectivity index (χ4v) is 6.66. The monoisotopic (exact) mass is 869 g/mol. The second-order valence-electron chi connectivity index (χ2n) is 15.6. The second kappa shape index (κ2) is 33.7. The van der Waals surface area contributed by atoms with Crippen molar-refractivity contribution >= 4 is 11.9 Å². The lowest BCUT2D eigenvalue weighted by Gasteiger charge is -2.42. The highest BCUT2D eigenvalue weighted by molar-refractivity contribution is 5.70. The summed E-state index contributed by atoms with van der Waals surface area (Å²) in [6, 6.07) is 0. The van der Waals surface area contributed by atoms with Gasteiger partial charge in [-0.05, 0) is 25.7 Å². The van der Waals surface area contributed by atoms with E-state index in [0.29, 0.717) is 19.3 Å². The quantitative estimate of drug-likeness (QED) is 0.0280. The van der Waals surface area contributed by atoms with E-state index in [4.69, 9.17) is 28.4 Å². The molecule has 2 aliphatic heterocycles. The predicted octanol–water partition coefficient (Wildman–Crippen LogP) is 4.53. The third-order valence-corrected chi connectivity index (χ3v) is 10.4. The summed E-state index contributed by atoms with van der Waals surface area (Å²) < 4.78 is 33.3. The fraction of sp³-hybridized carbons (Fsp3) is 0.739. The minimum absolute atomic E-state index is 0.0676. The van der Waals surface area contributed by atoms with E-state index >= 15 is 0 Å². The first-order valence-electron chi connectivity index (χ1n) is 22.4. The number of ether oxygens (including phenoxy) is 6. The van der Waals surface area contributed by atoms with Crippen molar-refractivity contribution in [1.82, 2.24) is 0 Å². The number of aliphatic hydroxyl groups excluding tert-OH is 7. The second-order valence-corrected chi connectivity index (χ2v) is 15.6. The summed E-state index contributed by atoms with van der Waals surface area (Å²) in [5.41, 5.74) is 0. The molecule has 2 saturated heterocycles. The van der Waals surface area contributed by atoms with Crippen LogP contribution in [0.5, 0.6) is 0 Å². The molecule has 0 bridgehead atoms. The summed E-state index contributed by atoms with van der Waals surface area (Å²) in [6.45, 7) is 2.32. The Morgan fingerprint density at radius 2 is 1.03 bits per heavy atom. The molecule has 0 aromatic carbocycles. The van der Waals surface area contributed by atoms with Crippen LogP contribution >= 0.6 is 0 Å². The van der Waals surface area contributed by atoms with Crippen molar-refractivity contribution in [3.8, 4) is 0 Å². The van der Waals surface area contributed by atoms with Crippen LogP contribution in [0.25, 0.3) is 0 Å². The number of hydrogen-bond donors (Lipinski definition) is 7. The molecule has 2 heterocycles. The zero-order valence-electron chi connectivity index (χ0n) is 36.4. The van der Waals surface area contributed by atoms with Gasteiger partial charge in [-0.25, -0.2) is 0 Å². The van der Waals surface area contributed by atoms with Gasteiger partial charge in [-0.3, -0.25) is 9.59 Å². The van der Waals surface area contributed by atoms with Crippen molar-refractivity contribution < 1.29 is 73.8 Å². The van der Waals surface area contributed by atoms with E-state index in [9.17, 15) is 45.3 Å². The zero-order chi connectivity index (χ0) is 44.7. The van der Waals surface area contributed by atoms with Gasteiger partial charge >= 0.3 is 11.9 Å². The lowest BCUT2D eigenvalue weighted by atomic mass is 9.98. The molecular formula is C46H76O15. The van der Waals surface area contributed by atoms with E-state index in [-0.39, 0.29) is 19.4 Å². The number of carbonyl (C=O) groups excluding carboxylic acids is 2. The van der Waals surface area contributed by atoms with Crippen molar-refractivity contribution in [2.75, 3.05) is 26.4 Å². The molecule has 0 aromatic rings. The highest BCUT2D eigenvalue weighted by atomic mass is 16.7. The lowest BCUT2D eigenvalue weighted by molar-refractivity contribution is -0.332. The molecule has 61 heavy (non-hydrogen) atoms. The van der Waals surface area contributed by atoms with E-state index in [1.807, 2.05) is 54.7 Å². The summed E-state index contributed by atoms with van der Waals surface area (Å²) in [5.74, 6) is -1.02. The Labute approximate surface area is 362 Å². The van der Waals surface area contributed by atoms with Gasteiger partial charge in [-0.1, -0.05) is 145 Å². The van der Waals surface area contributed by atoms with E-state index in [1.54, 1.807) is 0 Å². The SMILES string of the molecule is CC/C=C/C=C/C=C/C=C/C=C/CCCC(=O)OC(COC(=O)CCCCCCCCCCCCCC)CO[C@@H]1O[C@H](CO[C@@H]2O[C@H](CO)[C@H](O)C(O)C2O)[C@H](O)C(O)C1O. The van der Waals surface area contributed by atoms with Crippen LogP contribution in [0.4, 0.5) is 0 Å². The fourth-order valence-electron chi connectivity index (χ4n) is 6.66. The van der Waals surface area contributed by atoms with E-state index in [1.165, 1.54) is 51.4 Å². The van der Waals surface area contributed by atoms with Gasteiger partial charge in [0.1, 0.15) is 55.4 Å². The molecule has 7 N–H and O–H groups in total. The molecule has 11 atom stereocenters. The smallest absolute Gasteiger partial charge is 0.306 e. The molecule has 350 valence electrons. The maximum atomic E-state index is 12.9. The molecule has 0 amide bonds. The maximum absolute atomic E-state index is 12.9. The van der Waals surface area contributed by atoms with Crippen LogP contribution in [0, 0.1) is 0 Å². The average Bonchev–Trinajstić information content (AvgIpc) is 3.25. The topological polar surface area (TPSA) is 231 Å². The molecule has 15 heteroatoms. The molecule has 5 unspecified atom stereocenters. The molecule has 2 rings (SSSR count). The van der Waals surface area contributed by atoms with Crippen LogP contribution < -0.4 is 0 Å². The number of aliphatic hydroxyl groups is 7. The largest absolute Gasteiger partial charge is 0.462 e. The van der Waals surface area contributed by atoms with Gasteiger partial charge < -0.3 is 64.2 Å². The summed E-state index contributed by atoms with van der Waals surface area (Å²) in [5, 5.41) is 71.8. The predicted molar refractivity (Wildman–Crippen MR) is 229 cm³/mol. The molecule has 0 spiro atoms. The highest BCUT2D eigenvalue weighted by Gasteiger charge is 2.47. The molecule has 15 nitrogen and oxygen atoms in total. The van der Waals surface area contributed by atoms with Crippen molar-refractivity contribution in [1.29, 1.82) is 0 Å². The Morgan fingerprint density at radius 3 is 1.61 bits per heavy atom. The van der Waals surface area contributed by atoms with Crippen molar-refractivity contribution in [2.45, 2.75) is 191 Å². The number of allylic oxidation sites excluding steroid dienone is 10. The zero-order valence-corrected chi connectivity index (χ0v) is 36.4. The average molecular weight is 869 g/mol. The minimum atomic E-state index is -1.78. The number of rotatable bonds is 32. The van der Waals surface area contributed by atoms with Crippen LogP contribution in [0.15, 0.2) is 60.8 Å². The van der Waals surface area contributed by atoms with Crippen molar-refractivity contribution in [2.24, 2.45) is 0 Å². The molecule has 2 fully saturated rings.